The smallest absolute Gasteiger partial charge is 0.338 e. The lowest BCUT2D eigenvalue weighted by molar-refractivity contribution is -0.123. The quantitative estimate of drug-likeness (QED) is 0.563. The molecule has 3 amide bonds. The lowest BCUT2D eigenvalue weighted by Crippen LogP contribution is -2.44. The van der Waals surface area contributed by atoms with E-state index in [-0.39, 0.29) is 17.3 Å². The highest BCUT2D eigenvalue weighted by atomic mass is 35.5. The number of benzene rings is 1. The summed E-state index contributed by atoms with van der Waals surface area (Å²) in [5.41, 5.74) is 5.96. The predicted octanol–water partition coefficient (Wildman–Crippen LogP) is 1.70. The highest BCUT2D eigenvalue weighted by Crippen LogP contribution is 2.19. The van der Waals surface area contributed by atoms with Gasteiger partial charge in [-0.25, -0.2) is 9.59 Å². The Labute approximate surface area is 133 Å². The Bertz CT molecular complexity index is 577. The number of hydrogen-bond acceptors (Lipinski definition) is 5. The fourth-order valence-electron chi connectivity index (χ4n) is 1.41. The van der Waals surface area contributed by atoms with Gasteiger partial charge in [0.05, 0.1) is 16.3 Å². The van der Waals surface area contributed by atoms with Crippen molar-refractivity contribution < 1.29 is 19.1 Å². The Balaban J connectivity index is 2.45. The first-order valence-electron chi connectivity index (χ1n) is 6.66. The number of carbonyl (C=O) groups excluding carboxylic acids is 3. The molecule has 0 bridgehead atoms. The Morgan fingerprint density at radius 3 is 2.64 bits per heavy atom. The Hall–Kier alpha value is -2.28. The van der Waals surface area contributed by atoms with Crippen molar-refractivity contribution in [1.29, 1.82) is 0 Å². The van der Waals surface area contributed by atoms with Crippen molar-refractivity contribution in [2.24, 2.45) is 0 Å². The molecule has 1 rings (SSSR count). The van der Waals surface area contributed by atoms with Gasteiger partial charge in [-0.2, -0.15) is 0 Å². The standard InChI is InChI=1S/C14H18ClN3O4/c1-3-8(2)17-14(21)18-12(19)7-22-13(20)9-4-5-10(15)11(16)6-9/h4-6,8H,3,7,16H2,1-2H3,(H2,17,18,19,21)/t8-/m1/s1. The number of amides is 3. The van der Waals surface area contributed by atoms with Gasteiger partial charge in [0.2, 0.25) is 0 Å². The maximum atomic E-state index is 11.7. The van der Waals surface area contributed by atoms with E-state index in [0.29, 0.717) is 5.02 Å². The molecule has 0 aliphatic rings. The van der Waals surface area contributed by atoms with E-state index >= 15 is 0 Å². The first-order chi connectivity index (χ1) is 10.3. The molecule has 0 heterocycles. The second kappa shape index (κ2) is 8.23. The van der Waals surface area contributed by atoms with E-state index in [9.17, 15) is 14.4 Å². The lowest BCUT2D eigenvalue weighted by atomic mass is 10.2. The minimum atomic E-state index is -0.735. The number of nitrogens with one attached hydrogen (secondary N) is 2. The topological polar surface area (TPSA) is 111 Å². The molecule has 120 valence electrons. The molecule has 1 aromatic rings. The Morgan fingerprint density at radius 2 is 2.05 bits per heavy atom. The van der Waals surface area contributed by atoms with Gasteiger partial charge in [-0.1, -0.05) is 18.5 Å². The molecule has 4 N–H and O–H groups in total. The number of carbonyl (C=O) groups is 3. The number of rotatable bonds is 5. The van der Waals surface area contributed by atoms with Crippen molar-refractivity contribution in [2.75, 3.05) is 12.3 Å². The van der Waals surface area contributed by atoms with Gasteiger partial charge in [-0.3, -0.25) is 10.1 Å². The molecule has 0 radical (unpaired) electrons. The summed E-state index contributed by atoms with van der Waals surface area (Å²) in [6.07, 6.45) is 0.731. The molecule has 0 saturated carbocycles. The normalized spacial score (nSPS) is 11.4. The molecule has 0 spiro atoms. The second-order valence-electron chi connectivity index (χ2n) is 4.64. The summed E-state index contributed by atoms with van der Waals surface area (Å²) in [5, 5.41) is 4.93. The van der Waals surface area contributed by atoms with E-state index in [1.807, 2.05) is 6.92 Å². The van der Waals surface area contributed by atoms with Crippen molar-refractivity contribution in [3.8, 4) is 0 Å². The minimum Gasteiger partial charge on any atom is -0.452 e. The number of nitrogen functional groups attached to an aromatic ring is 1. The number of esters is 1. The summed E-state index contributed by atoms with van der Waals surface area (Å²) in [6.45, 7) is 3.12. The van der Waals surface area contributed by atoms with E-state index < -0.39 is 24.5 Å². The van der Waals surface area contributed by atoms with Gasteiger partial charge in [-0.15, -0.1) is 0 Å². The van der Waals surface area contributed by atoms with Crippen LogP contribution in [0.25, 0.3) is 0 Å². The van der Waals surface area contributed by atoms with Crippen molar-refractivity contribution in [3.63, 3.8) is 0 Å². The van der Waals surface area contributed by atoms with Gasteiger partial charge in [-0.05, 0) is 31.5 Å². The fourth-order valence-corrected chi connectivity index (χ4v) is 1.53. The zero-order valence-corrected chi connectivity index (χ0v) is 13.1. The van der Waals surface area contributed by atoms with Crippen LogP contribution in [0.5, 0.6) is 0 Å². The molecule has 7 nitrogen and oxygen atoms in total. The molecule has 0 aliphatic carbocycles. The van der Waals surface area contributed by atoms with Crippen LogP contribution < -0.4 is 16.4 Å². The largest absolute Gasteiger partial charge is 0.452 e. The van der Waals surface area contributed by atoms with Crippen molar-refractivity contribution in [3.05, 3.63) is 28.8 Å². The zero-order valence-electron chi connectivity index (χ0n) is 12.3. The molecule has 0 saturated heterocycles. The van der Waals surface area contributed by atoms with Crippen molar-refractivity contribution in [1.82, 2.24) is 10.6 Å². The maximum absolute atomic E-state index is 11.7. The van der Waals surface area contributed by atoms with Crippen molar-refractivity contribution in [2.45, 2.75) is 26.3 Å². The summed E-state index contributed by atoms with van der Waals surface area (Å²) < 4.78 is 4.79. The molecular weight excluding hydrogens is 310 g/mol. The molecule has 1 atom stereocenters. The Kier molecular flexibility index (Phi) is 6.65. The number of imide groups is 1. The van der Waals surface area contributed by atoms with Crippen LogP contribution in [0, 0.1) is 0 Å². The third-order valence-electron chi connectivity index (χ3n) is 2.81. The van der Waals surface area contributed by atoms with E-state index in [1.54, 1.807) is 6.92 Å². The van der Waals surface area contributed by atoms with Crippen LogP contribution in [0.1, 0.15) is 30.6 Å². The number of ether oxygens (including phenoxy) is 1. The number of anilines is 1. The van der Waals surface area contributed by atoms with Crippen LogP contribution in [-0.2, 0) is 9.53 Å². The highest BCUT2D eigenvalue weighted by Gasteiger charge is 2.14. The van der Waals surface area contributed by atoms with Crippen LogP contribution in [0.2, 0.25) is 5.02 Å². The van der Waals surface area contributed by atoms with Gasteiger partial charge in [0.15, 0.2) is 6.61 Å². The first-order valence-corrected chi connectivity index (χ1v) is 7.03. The summed E-state index contributed by atoms with van der Waals surface area (Å²) in [6, 6.07) is 3.53. The molecule has 0 aliphatic heterocycles. The van der Waals surface area contributed by atoms with E-state index in [4.69, 9.17) is 22.1 Å². The lowest BCUT2D eigenvalue weighted by Gasteiger charge is -2.11. The predicted molar refractivity (Wildman–Crippen MR) is 82.6 cm³/mol. The minimum absolute atomic E-state index is 0.0626. The van der Waals surface area contributed by atoms with Crippen LogP contribution in [0.3, 0.4) is 0 Å². The van der Waals surface area contributed by atoms with Crippen molar-refractivity contribution >= 4 is 35.2 Å². The monoisotopic (exact) mass is 327 g/mol. The van der Waals surface area contributed by atoms with E-state index in [0.717, 1.165) is 6.42 Å². The first kappa shape index (κ1) is 17.8. The van der Waals surface area contributed by atoms with E-state index in [1.165, 1.54) is 18.2 Å². The molecule has 22 heavy (non-hydrogen) atoms. The molecule has 1 aromatic carbocycles. The van der Waals surface area contributed by atoms with Crippen LogP contribution >= 0.6 is 11.6 Å². The fraction of sp³-hybridized carbons (Fsp3) is 0.357. The Morgan fingerprint density at radius 1 is 1.36 bits per heavy atom. The van der Waals surface area contributed by atoms with Crippen LogP contribution in [-0.4, -0.2) is 30.6 Å². The third-order valence-corrected chi connectivity index (χ3v) is 3.15. The van der Waals surface area contributed by atoms with Gasteiger partial charge >= 0.3 is 12.0 Å². The number of hydrogen-bond donors (Lipinski definition) is 3. The van der Waals surface area contributed by atoms with Crippen LogP contribution in [0.15, 0.2) is 18.2 Å². The van der Waals surface area contributed by atoms with Gasteiger partial charge in [0.25, 0.3) is 5.91 Å². The zero-order chi connectivity index (χ0) is 16.7. The summed E-state index contributed by atoms with van der Waals surface area (Å²) in [7, 11) is 0. The van der Waals surface area contributed by atoms with Crippen LogP contribution in [0.4, 0.5) is 10.5 Å². The second-order valence-corrected chi connectivity index (χ2v) is 5.05. The maximum Gasteiger partial charge on any atom is 0.338 e. The molecular formula is C14H18ClN3O4. The average Bonchev–Trinajstić information content (AvgIpc) is 2.47. The summed E-state index contributed by atoms with van der Waals surface area (Å²) >= 11 is 5.74. The molecule has 8 heteroatoms. The number of urea groups is 1. The van der Waals surface area contributed by atoms with Gasteiger partial charge < -0.3 is 15.8 Å². The third kappa shape index (κ3) is 5.61. The summed E-state index contributed by atoms with van der Waals surface area (Å²) in [5.74, 6) is -1.46. The van der Waals surface area contributed by atoms with E-state index in [2.05, 4.69) is 10.6 Å². The molecule has 0 unspecified atom stereocenters. The highest BCUT2D eigenvalue weighted by molar-refractivity contribution is 6.33. The number of nitrogens with two attached hydrogens (primary N) is 1. The SMILES string of the molecule is CC[C@@H](C)NC(=O)NC(=O)COC(=O)c1ccc(Cl)c(N)c1. The molecule has 0 fully saturated rings. The molecule has 0 aromatic heterocycles. The van der Waals surface area contributed by atoms with Gasteiger partial charge in [0.1, 0.15) is 0 Å². The average molecular weight is 328 g/mol. The number of halogens is 1. The van der Waals surface area contributed by atoms with Gasteiger partial charge in [0, 0.05) is 6.04 Å². The summed E-state index contributed by atoms with van der Waals surface area (Å²) in [4.78, 5) is 34.6.